The van der Waals surface area contributed by atoms with E-state index in [1.54, 1.807) is 20.4 Å². The molecule has 0 radical (unpaired) electrons. The third kappa shape index (κ3) is 5.21. The first-order valence-corrected chi connectivity index (χ1v) is 6.59. The Hall–Kier alpha value is -0.840. The van der Waals surface area contributed by atoms with Crippen molar-refractivity contribution < 1.29 is 9.47 Å². The molecule has 1 aromatic heterocycles. The maximum absolute atomic E-state index is 5.84. The topological polar surface area (TPSA) is 34.6 Å². The van der Waals surface area contributed by atoms with Gasteiger partial charge in [-0.3, -0.25) is 0 Å². The van der Waals surface area contributed by atoms with Crippen molar-refractivity contribution in [1.29, 1.82) is 0 Å². The molecule has 0 aromatic carbocycles. The Morgan fingerprint density at radius 3 is 2.67 bits per heavy atom. The van der Waals surface area contributed by atoms with Gasteiger partial charge in [0.05, 0.1) is 6.61 Å². The van der Waals surface area contributed by atoms with Crippen LogP contribution < -0.4 is 4.90 Å². The SMILES string of the molecule is COCCCN(CCOC)c1cc(CCl)ccn1. The van der Waals surface area contributed by atoms with Crippen molar-refractivity contribution in [3.63, 3.8) is 0 Å². The van der Waals surface area contributed by atoms with Gasteiger partial charge in [0.1, 0.15) is 5.82 Å². The lowest BCUT2D eigenvalue weighted by molar-refractivity contribution is 0.191. The molecule has 0 spiro atoms. The normalized spacial score (nSPS) is 10.6. The molecule has 0 aliphatic rings. The van der Waals surface area contributed by atoms with Gasteiger partial charge in [-0.05, 0) is 24.1 Å². The zero-order chi connectivity index (χ0) is 13.2. The highest BCUT2D eigenvalue weighted by Gasteiger charge is 2.08. The Kier molecular flexibility index (Phi) is 7.73. The van der Waals surface area contributed by atoms with Crippen LogP contribution in [0.25, 0.3) is 0 Å². The molecule has 18 heavy (non-hydrogen) atoms. The van der Waals surface area contributed by atoms with Crippen LogP contribution in [-0.4, -0.2) is 45.5 Å². The van der Waals surface area contributed by atoms with Gasteiger partial charge in [-0.2, -0.15) is 0 Å². The lowest BCUT2D eigenvalue weighted by atomic mass is 10.2. The van der Waals surface area contributed by atoms with Gasteiger partial charge in [0, 0.05) is 46.0 Å². The highest BCUT2D eigenvalue weighted by atomic mass is 35.5. The van der Waals surface area contributed by atoms with Gasteiger partial charge in [-0.15, -0.1) is 11.6 Å². The zero-order valence-electron chi connectivity index (χ0n) is 11.1. The van der Waals surface area contributed by atoms with Crippen LogP contribution in [0.15, 0.2) is 18.3 Å². The number of ether oxygens (including phenoxy) is 2. The van der Waals surface area contributed by atoms with Crippen LogP contribution in [0.4, 0.5) is 5.82 Å². The van der Waals surface area contributed by atoms with Crippen LogP contribution >= 0.6 is 11.6 Å². The fourth-order valence-corrected chi connectivity index (χ4v) is 1.83. The molecule has 0 amide bonds. The largest absolute Gasteiger partial charge is 0.385 e. The van der Waals surface area contributed by atoms with E-state index in [1.807, 2.05) is 12.1 Å². The molecule has 0 saturated heterocycles. The van der Waals surface area contributed by atoms with Crippen LogP contribution in [0.3, 0.4) is 0 Å². The van der Waals surface area contributed by atoms with E-state index in [4.69, 9.17) is 21.1 Å². The predicted octanol–water partition coefficient (Wildman–Crippen LogP) is 2.31. The Labute approximate surface area is 114 Å². The van der Waals surface area contributed by atoms with E-state index in [9.17, 15) is 0 Å². The minimum atomic E-state index is 0.506. The number of nitrogens with zero attached hydrogens (tertiary/aromatic N) is 2. The minimum Gasteiger partial charge on any atom is -0.385 e. The summed E-state index contributed by atoms with van der Waals surface area (Å²) in [5.74, 6) is 1.45. The number of anilines is 1. The molecule has 0 aliphatic heterocycles. The second kappa shape index (κ2) is 9.14. The first-order valence-electron chi connectivity index (χ1n) is 6.05. The van der Waals surface area contributed by atoms with Crippen LogP contribution in [0.1, 0.15) is 12.0 Å². The molecular formula is C13H21ClN2O2. The highest BCUT2D eigenvalue weighted by Crippen LogP contribution is 2.14. The number of halogens is 1. The summed E-state index contributed by atoms with van der Waals surface area (Å²) in [5.41, 5.74) is 1.08. The van der Waals surface area contributed by atoms with Gasteiger partial charge in [-0.25, -0.2) is 4.98 Å². The Morgan fingerprint density at radius 1 is 1.22 bits per heavy atom. The zero-order valence-corrected chi connectivity index (χ0v) is 11.8. The summed E-state index contributed by atoms with van der Waals surface area (Å²) in [4.78, 5) is 6.58. The lowest BCUT2D eigenvalue weighted by Crippen LogP contribution is -2.29. The second-order valence-electron chi connectivity index (χ2n) is 3.98. The smallest absolute Gasteiger partial charge is 0.128 e. The molecule has 0 atom stereocenters. The first-order chi connectivity index (χ1) is 8.81. The van der Waals surface area contributed by atoms with Gasteiger partial charge < -0.3 is 14.4 Å². The van der Waals surface area contributed by atoms with E-state index in [0.717, 1.165) is 37.5 Å². The van der Waals surface area contributed by atoms with Crippen molar-refractivity contribution in [2.45, 2.75) is 12.3 Å². The van der Waals surface area contributed by atoms with E-state index < -0.39 is 0 Å². The van der Waals surface area contributed by atoms with Crippen molar-refractivity contribution in [3.8, 4) is 0 Å². The number of hydrogen-bond donors (Lipinski definition) is 0. The molecule has 0 fully saturated rings. The third-order valence-corrected chi connectivity index (χ3v) is 2.94. The monoisotopic (exact) mass is 272 g/mol. The second-order valence-corrected chi connectivity index (χ2v) is 4.25. The highest BCUT2D eigenvalue weighted by molar-refractivity contribution is 6.17. The van der Waals surface area contributed by atoms with Gasteiger partial charge in [0.2, 0.25) is 0 Å². The average molecular weight is 273 g/mol. The summed E-state index contributed by atoms with van der Waals surface area (Å²) < 4.78 is 10.2. The number of aromatic nitrogens is 1. The van der Waals surface area contributed by atoms with Crippen molar-refractivity contribution in [3.05, 3.63) is 23.9 Å². The van der Waals surface area contributed by atoms with E-state index in [2.05, 4.69) is 9.88 Å². The maximum Gasteiger partial charge on any atom is 0.128 e. The molecule has 0 N–H and O–H groups in total. The molecular weight excluding hydrogens is 252 g/mol. The summed E-state index contributed by atoms with van der Waals surface area (Å²) in [6.07, 6.45) is 2.76. The van der Waals surface area contributed by atoms with Crippen molar-refractivity contribution >= 4 is 17.4 Å². The standard InChI is InChI=1S/C13H21ClN2O2/c1-17-8-3-6-16(7-9-18-2)13-10-12(11-14)4-5-15-13/h4-5,10H,3,6-9,11H2,1-2H3. The van der Waals surface area contributed by atoms with Crippen molar-refractivity contribution in [2.75, 3.05) is 45.4 Å². The van der Waals surface area contributed by atoms with E-state index >= 15 is 0 Å². The number of methoxy groups -OCH3 is 2. The minimum absolute atomic E-state index is 0.506. The number of hydrogen-bond acceptors (Lipinski definition) is 4. The number of alkyl halides is 1. The maximum atomic E-state index is 5.84. The molecule has 1 aromatic rings. The van der Waals surface area contributed by atoms with Crippen LogP contribution in [0, 0.1) is 0 Å². The average Bonchev–Trinajstić information content (AvgIpc) is 2.42. The van der Waals surface area contributed by atoms with Crippen molar-refractivity contribution in [1.82, 2.24) is 4.98 Å². The van der Waals surface area contributed by atoms with Gasteiger partial charge in [0.25, 0.3) is 0 Å². The quantitative estimate of drug-likeness (QED) is 0.510. The summed E-state index contributed by atoms with van der Waals surface area (Å²) in [7, 11) is 3.42. The summed E-state index contributed by atoms with van der Waals surface area (Å²) in [6, 6.07) is 3.95. The van der Waals surface area contributed by atoms with Crippen LogP contribution in [-0.2, 0) is 15.4 Å². The third-order valence-electron chi connectivity index (χ3n) is 2.63. The molecule has 1 heterocycles. The molecule has 0 bridgehead atoms. The molecule has 0 unspecified atom stereocenters. The van der Waals surface area contributed by atoms with Gasteiger partial charge >= 0.3 is 0 Å². The molecule has 5 heteroatoms. The van der Waals surface area contributed by atoms with E-state index in [1.165, 1.54) is 0 Å². The fraction of sp³-hybridized carbons (Fsp3) is 0.615. The Balaban J connectivity index is 2.66. The van der Waals surface area contributed by atoms with Gasteiger partial charge in [0.15, 0.2) is 0 Å². The van der Waals surface area contributed by atoms with E-state index in [0.29, 0.717) is 12.5 Å². The van der Waals surface area contributed by atoms with Gasteiger partial charge in [-0.1, -0.05) is 0 Å². The molecule has 4 nitrogen and oxygen atoms in total. The Morgan fingerprint density at radius 2 is 2.00 bits per heavy atom. The predicted molar refractivity (Wildman–Crippen MR) is 74.4 cm³/mol. The first kappa shape index (κ1) is 15.2. The lowest BCUT2D eigenvalue weighted by Gasteiger charge is -2.23. The number of pyridine rings is 1. The summed E-state index contributed by atoms with van der Waals surface area (Å²) in [6.45, 7) is 3.15. The van der Waals surface area contributed by atoms with Crippen LogP contribution in [0.2, 0.25) is 0 Å². The molecule has 0 saturated carbocycles. The molecule has 1 rings (SSSR count). The molecule has 102 valence electrons. The van der Waals surface area contributed by atoms with Crippen molar-refractivity contribution in [2.24, 2.45) is 0 Å². The Bertz CT molecular complexity index is 337. The fourth-order valence-electron chi connectivity index (χ4n) is 1.66. The summed E-state index contributed by atoms with van der Waals surface area (Å²) >= 11 is 5.84. The molecule has 0 aliphatic carbocycles. The van der Waals surface area contributed by atoms with E-state index in [-0.39, 0.29) is 0 Å². The van der Waals surface area contributed by atoms with Crippen LogP contribution in [0.5, 0.6) is 0 Å². The number of rotatable bonds is 9. The summed E-state index contributed by atoms with van der Waals surface area (Å²) in [5, 5.41) is 0.